The molecule has 0 aliphatic carbocycles. The first-order valence-electron chi connectivity index (χ1n) is 3.95. The lowest BCUT2D eigenvalue weighted by Gasteiger charge is -1.95. The summed E-state index contributed by atoms with van der Waals surface area (Å²) in [7, 11) is 0. The summed E-state index contributed by atoms with van der Waals surface area (Å²) in [4.78, 5) is 0. The number of nitrogens with two attached hydrogens (primary N) is 1. The molecule has 0 amide bonds. The van der Waals surface area contributed by atoms with Crippen molar-refractivity contribution < 1.29 is 4.52 Å². The largest absolute Gasteiger partial charge is 0.361 e. The van der Waals surface area contributed by atoms with E-state index in [2.05, 4.69) is 5.16 Å². The Balaban J connectivity index is 2.32. The van der Waals surface area contributed by atoms with E-state index in [4.69, 9.17) is 10.3 Å². The van der Waals surface area contributed by atoms with Crippen molar-refractivity contribution in [1.82, 2.24) is 5.16 Å². The highest BCUT2D eigenvalue weighted by molar-refractivity contribution is 5.11. The average Bonchev–Trinajstić information content (AvgIpc) is 2.37. The first kappa shape index (κ1) is 8.27. The minimum Gasteiger partial charge on any atom is -0.361 e. The Morgan fingerprint density at radius 1 is 1.55 bits per heavy atom. The number of hydrogen-bond donors (Lipinski definition) is 1. The second kappa shape index (κ2) is 4.13. The quantitative estimate of drug-likeness (QED) is 0.664. The van der Waals surface area contributed by atoms with Gasteiger partial charge in [-0.05, 0) is 32.7 Å². The normalized spacial score (nSPS) is 10.4. The number of hydrogen-bond acceptors (Lipinski definition) is 3. The molecular formula is C8H14N2O. The molecule has 62 valence electrons. The monoisotopic (exact) mass is 154 g/mol. The van der Waals surface area contributed by atoms with Crippen molar-refractivity contribution in [2.45, 2.75) is 26.2 Å². The maximum atomic E-state index is 5.37. The molecule has 0 bridgehead atoms. The van der Waals surface area contributed by atoms with Crippen LogP contribution in [-0.2, 0) is 6.42 Å². The van der Waals surface area contributed by atoms with Crippen LogP contribution < -0.4 is 5.73 Å². The minimum absolute atomic E-state index is 0.768. The zero-order valence-electron chi connectivity index (χ0n) is 6.84. The number of nitrogens with zero attached hydrogens (tertiary/aromatic N) is 1. The van der Waals surface area contributed by atoms with E-state index in [-0.39, 0.29) is 0 Å². The van der Waals surface area contributed by atoms with Crippen LogP contribution in [0.1, 0.15) is 24.2 Å². The van der Waals surface area contributed by atoms with E-state index >= 15 is 0 Å². The molecule has 0 fully saturated rings. The highest BCUT2D eigenvalue weighted by atomic mass is 16.5. The van der Waals surface area contributed by atoms with Crippen LogP contribution in [0.2, 0.25) is 0 Å². The van der Waals surface area contributed by atoms with Gasteiger partial charge >= 0.3 is 0 Å². The lowest BCUT2D eigenvalue weighted by atomic mass is 10.1. The van der Waals surface area contributed by atoms with Gasteiger partial charge in [0, 0.05) is 5.56 Å². The van der Waals surface area contributed by atoms with Gasteiger partial charge in [0.25, 0.3) is 0 Å². The summed E-state index contributed by atoms with van der Waals surface area (Å²) in [6.07, 6.45) is 5.02. The summed E-state index contributed by atoms with van der Waals surface area (Å²) < 4.78 is 4.91. The third-order valence-corrected chi connectivity index (χ3v) is 1.75. The van der Waals surface area contributed by atoms with Crippen LogP contribution >= 0.6 is 0 Å². The molecule has 1 aromatic heterocycles. The van der Waals surface area contributed by atoms with Crippen molar-refractivity contribution in [1.29, 1.82) is 0 Å². The number of unbranched alkanes of at least 4 members (excludes halogenated alkanes) is 1. The zero-order chi connectivity index (χ0) is 8.10. The highest BCUT2D eigenvalue weighted by Gasteiger charge is 2.00. The van der Waals surface area contributed by atoms with Crippen molar-refractivity contribution in [3.05, 3.63) is 17.5 Å². The average molecular weight is 154 g/mol. The van der Waals surface area contributed by atoms with Gasteiger partial charge in [0.2, 0.25) is 0 Å². The van der Waals surface area contributed by atoms with Gasteiger partial charge in [0.05, 0.1) is 6.20 Å². The van der Waals surface area contributed by atoms with Crippen molar-refractivity contribution >= 4 is 0 Å². The Morgan fingerprint density at radius 3 is 2.91 bits per heavy atom. The highest BCUT2D eigenvalue weighted by Crippen LogP contribution is 2.08. The third-order valence-electron chi connectivity index (χ3n) is 1.75. The van der Waals surface area contributed by atoms with E-state index in [1.54, 1.807) is 6.20 Å². The smallest absolute Gasteiger partial charge is 0.136 e. The SMILES string of the molecule is Cc1oncc1CCCCN. The Bertz CT molecular complexity index is 208. The minimum atomic E-state index is 0.768. The molecule has 1 rings (SSSR count). The fraction of sp³-hybridized carbons (Fsp3) is 0.625. The molecule has 0 unspecified atom stereocenters. The van der Waals surface area contributed by atoms with E-state index in [9.17, 15) is 0 Å². The van der Waals surface area contributed by atoms with Crippen molar-refractivity contribution in [2.75, 3.05) is 6.54 Å². The van der Waals surface area contributed by atoms with Crippen LogP contribution in [0.15, 0.2) is 10.7 Å². The van der Waals surface area contributed by atoms with Crippen molar-refractivity contribution in [2.24, 2.45) is 5.73 Å². The second-order valence-corrected chi connectivity index (χ2v) is 2.65. The predicted molar refractivity (Wildman–Crippen MR) is 43.2 cm³/mol. The van der Waals surface area contributed by atoms with Gasteiger partial charge in [-0.25, -0.2) is 0 Å². The van der Waals surface area contributed by atoms with Crippen LogP contribution in [-0.4, -0.2) is 11.7 Å². The molecule has 0 aliphatic rings. The van der Waals surface area contributed by atoms with Crippen LogP contribution in [0.3, 0.4) is 0 Å². The molecular weight excluding hydrogens is 140 g/mol. The summed E-state index contributed by atoms with van der Waals surface area (Å²) in [6.45, 7) is 2.70. The fourth-order valence-corrected chi connectivity index (χ4v) is 1.02. The number of aryl methyl sites for hydroxylation is 2. The van der Waals surface area contributed by atoms with Gasteiger partial charge < -0.3 is 10.3 Å². The standard InChI is InChI=1S/C8H14N2O/c1-7-8(6-10-11-7)4-2-3-5-9/h6H,2-5,9H2,1H3. The Kier molecular flexibility index (Phi) is 3.11. The zero-order valence-corrected chi connectivity index (χ0v) is 6.84. The molecule has 0 saturated heterocycles. The van der Waals surface area contributed by atoms with E-state index in [0.717, 1.165) is 31.6 Å². The molecule has 0 aliphatic heterocycles. The van der Waals surface area contributed by atoms with Gasteiger partial charge in [0.1, 0.15) is 5.76 Å². The van der Waals surface area contributed by atoms with E-state index in [1.807, 2.05) is 6.92 Å². The molecule has 1 heterocycles. The first-order valence-corrected chi connectivity index (χ1v) is 3.95. The summed E-state index contributed by atoms with van der Waals surface area (Å²) in [5, 5.41) is 3.69. The molecule has 11 heavy (non-hydrogen) atoms. The molecule has 3 heteroatoms. The summed E-state index contributed by atoms with van der Waals surface area (Å²) >= 11 is 0. The van der Waals surface area contributed by atoms with Crippen LogP contribution in [0, 0.1) is 6.92 Å². The van der Waals surface area contributed by atoms with Crippen molar-refractivity contribution in [3.8, 4) is 0 Å². The van der Waals surface area contributed by atoms with Crippen LogP contribution in [0.25, 0.3) is 0 Å². The Hall–Kier alpha value is -0.830. The molecule has 1 aromatic rings. The van der Waals surface area contributed by atoms with Crippen molar-refractivity contribution in [3.63, 3.8) is 0 Å². The molecule has 3 nitrogen and oxygen atoms in total. The maximum absolute atomic E-state index is 5.37. The van der Waals surface area contributed by atoms with E-state index in [1.165, 1.54) is 5.56 Å². The Morgan fingerprint density at radius 2 is 2.36 bits per heavy atom. The van der Waals surface area contributed by atoms with Crippen LogP contribution in [0.5, 0.6) is 0 Å². The van der Waals surface area contributed by atoms with Gasteiger partial charge in [0.15, 0.2) is 0 Å². The molecule has 0 spiro atoms. The molecule has 2 N–H and O–H groups in total. The Labute approximate surface area is 66.6 Å². The number of aromatic nitrogens is 1. The molecule has 0 aromatic carbocycles. The topological polar surface area (TPSA) is 52.0 Å². The maximum Gasteiger partial charge on any atom is 0.136 e. The van der Waals surface area contributed by atoms with E-state index in [0.29, 0.717) is 0 Å². The molecule has 0 atom stereocenters. The van der Waals surface area contributed by atoms with Gasteiger partial charge in [-0.15, -0.1) is 0 Å². The van der Waals surface area contributed by atoms with E-state index < -0.39 is 0 Å². The first-order chi connectivity index (χ1) is 5.34. The summed E-state index contributed by atoms with van der Waals surface area (Å²) in [5.41, 5.74) is 6.57. The van der Waals surface area contributed by atoms with Gasteiger partial charge in [-0.2, -0.15) is 0 Å². The lowest BCUT2D eigenvalue weighted by Crippen LogP contribution is -1.98. The van der Waals surface area contributed by atoms with Gasteiger partial charge in [-0.3, -0.25) is 0 Å². The fourth-order valence-electron chi connectivity index (χ4n) is 1.02. The second-order valence-electron chi connectivity index (χ2n) is 2.65. The van der Waals surface area contributed by atoms with Crippen LogP contribution in [0.4, 0.5) is 0 Å². The summed E-state index contributed by atoms with van der Waals surface area (Å²) in [5.74, 6) is 0.932. The number of rotatable bonds is 4. The summed E-state index contributed by atoms with van der Waals surface area (Å²) in [6, 6.07) is 0. The van der Waals surface area contributed by atoms with Gasteiger partial charge in [-0.1, -0.05) is 5.16 Å². The lowest BCUT2D eigenvalue weighted by molar-refractivity contribution is 0.396. The molecule has 0 saturated carbocycles. The predicted octanol–water partition coefficient (Wildman–Crippen LogP) is 1.26. The third kappa shape index (κ3) is 2.35. The molecule has 0 radical (unpaired) electrons.